The average molecular weight is 373 g/mol. The summed E-state index contributed by atoms with van der Waals surface area (Å²) in [6, 6.07) is 14.5. The third-order valence-electron chi connectivity index (χ3n) is 3.54. The molecule has 0 saturated carbocycles. The fraction of sp³-hybridized carbons (Fsp3) is 0.118. The molecule has 3 rings (SSSR count). The second-order valence-corrected chi connectivity index (χ2v) is 5.97. The molecule has 23 heavy (non-hydrogen) atoms. The van der Waals surface area contributed by atoms with Crippen molar-refractivity contribution in [1.82, 2.24) is 9.78 Å². The van der Waals surface area contributed by atoms with Gasteiger partial charge in [-0.2, -0.15) is 5.10 Å². The molecule has 6 heteroatoms. The van der Waals surface area contributed by atoms with Crippen LogP contribution in [0, 0.1) is 0 Å². The van der Waals surface area contributed by atoms with Crippen molar-refractivity contribution in [1.29, 1.82) is 0 Å². The number of aliphatic carboxylic acids is 1. The van der Waals surface area contributed by atoms with Crippen LogP contribution in [-0.2, 0) is 17.8 Å². The highest BCUT2D eigenvalue weighted by atomic mass is 79.9. The Balaban J connectivity index is 2.17. The van der Waals surface area contributed by atoms with Crippen molar-refractivity contribution in [3.63, 3.8) is 0 Å². The van der Waals surface area contributed by atoms with Gasteiger partial charge in [0, 0.05) is 9.86 Å². The number of hydrogen-bond acceptors (Lipinski definition) is 3. The minimum absolute atomic E-state index is 0.225. The molecule has 0 unspecified atom stereocenters. The molecule has 116 valence electrons. The van der Waals surface area contributed by atoms with Crippen LogP contribution in [0.5, 0.6) is 0 Å². The minimum Gasteiger partial charge on any atom is -0.481 e. The van der Waals surface area contributed by atoms with Crippen molar-refractivity contribution in [3.05, 3.63) is 74.6 Å². The number of carboxylic acids is 1. The average Bonchev–Trinajstić information content (AvgIpc) is 2.53. The molecule has 1 heterocycles. The number of fused-ring (bicyclic) bond motifs is 1. The molecule has 5 nitrogen and oxygen atoms in total. The standard InChI is InChI=1S/C17H13BrN2O3/c18-14-8-4-1-5-11(14)10-20-17(23)13-7-3-2-6-12(13)15(19-20)9-16(21)22/h1-8H,9-10H2,(H,21,22). The van der Waals surface area contributed by atoms with Gasteiger partial charge in [-0.3, -0.25) is 9.59 Å². The number of carbonyl (C=O) groups is 1. The molecule has 1 N–H and O–H groups in total. The summed E-state index contributed by atoms with van der Waals surface area (Å²) < 4.78 is 2.20. The van der Waals surface area contributed by atoms with Gasteiger partial charge in [-0.05, 0) is 17.7 Å². The Morgan fingerprint density at radius 1 is 1.09 bits per heavy atom. The van der Waals surface area contributed by atoms with Crippen LogP contribution in [0.25, 0.3) is 10.8 Å². The highest BCUT2D eigenvalue weighted by Gasteiger charge is 2.13. The van der Waals surface area contributed by atoms with Crippen molar-refractivity contribution < 1.29 is 9.90 Å². The van der Waals surface area contributed by atoms with Crippen LogP contribution in [0.3, 0.4) is 0 Å². The highest BCUT2D eigenvalue weighted by Crippen LogP contribution is 2.18. The van der Waals surface area contributed by atoms with E-state index in [4.69, 9.17) is 5.11 Å². The van der Waals surface area contributed by atoms with Crippen molar-refractivity contribution in [2.24, 2.45) is 0 Å². The smallest absolute Gasteiger partial charge is 0.309 e. The Kier molecular flexibility index (Phi) is 4.25. The van der Waals surface area contributed by atoms with E-state index in [0.717, 1.165) is 10.0 Å². The Labute approximate surface area is 140 Å². The molecule has 0 spiro atoms. The predicted octanol–water partition coefficient (Wildman–Crippen LogP) is 2.83. The third kappa shape index (κ3) is 3.17. The lowest BCUT2D eigenvalue weighted by molar-refractivity contribution is -0.136. The molecule has 3 aromatic rings. The van der Waals surface area contributed by atoms with Crippen LogP contribution in [0.15, 0.2) is 57.8 Å². The quantitative estimate of drug-likeness (QED) is 0.764. The normalized spacial score (nSPS) is 10.8. The molecule has 1 aromatic heterocycles. The van der Waals surface area contributed by atoms with E-state index in [1.807, 2.05) is 24.3 Å². The first-order valence-corrected chi connectivity index (χ1v) is 7.79. The van der Waals surface area contributed by atoms with Crippen LogP contribution < -0.4 is 5.56 Å². The van der Waals surface area contributed by atoms with Crippen molar-refractivity contribution >= 4 is 32.7 Å². The maximum Gasteiger partial charge on any atom is 0.309 e. The molecular weight excluding hydrogens is 360 g/mol. The lowest BCUT2D eigenvalue weighted by Crippen LogP contribution is -2.26. The van der Waals surface area contributed by atoms with E-state index in [1.54, 1.807) is 24.3 Å². The van der Waals surface area contributed by atoms with Gasteiger partial charge in [-0.1, -0.05) is 52.3 Å². The predicted molar refractivity (Wildman–Crippen MR) is 90.6 cm³/mol. The molecule has 0 amide bonds. The van der Waals surface area contributed by atoms with Crippen molar-refractivity contribution in [3.8, 4) is 0 Å². The Morgan fingerprint density at radius 2 is 1.74 bits per heavy atom. The van der Waals surface area contributed by atoms with Crippen molar-refractivity contribution in [2.75, 3.05) is 0 Å². The second-order valence-electron chi connectivity index (χ2n) is 5.12. The summed E-state index contributed by atoms with van der Waals surface area (Å²) in [5.41, 5.74) is 1.06. The van der Waals surface area contributed by atoms with Crippen LogP contribution in [0.1, 0.15) is 11.3 Å². The zero-order valence-corrected chi connectivity index (χ0v) is 13.7. The van der Waals surface area contributed by atoms with Crippen LogP contribution in [-0.4, -0.2) is 20.9 Å². The maximum atomic E-state index is 12.6. The highest BCUT2D eigenvalue weighted by molar-refractivity contribution is 9.10. The van der Waals surface area contributed by atoms with Gasteiger partial charge >= 0.3 is 5.97 Å². The number of carboxylic acid groups (broad SMARTS) is 1. The zero-order chi connectivity index (χ0) is 16.4. The van der Waals surface area contributed by atoms with E-state index >= 15 is 0 Å². The van der Waals surface area contributed by atoms with E-state index < -0.39 is 5.97 Å². The van der Waals surface area contributed by atoms with Gasteiger partial charge in [-0.15, -0.1) is 0 Å². The van der Waals surface area contributed by atoms with Gasteiger partial charge < -0.3 is 5.11 Å². The number of benzene rings is 2. The third-order valence-corrected chi connectivity index (χ3v) is 4.31. The zero-order valence-electron chi connectivity index (χ0n) is 12.1. The summed E-state index contributed by atoms with van der Waals surface area (Å²) in [6.07, 6.45) is -0.225. The molecule has 2 aromatic carbocycles. The fourth-order valence-electron chi connectivity index (χ4n) is 2.47. The lowest BCUT2D eigenvalue weighted by atomic mass is 10.1. The summed E-state index contributed by atoms with van der Waals surface area (Å²) in [7, 11) is 0. The van der Waals surface area contributed by atoms with E-state index in [0.29, 0.717) is 16.5 Å². The minimum atomic E-state index is -0.978. The molecule has 0 aliphatic carbocycles. The fourth-order valence-corrected chi connectivity index (χ4v) is 2.88. The van der Waals surface area contributed by atoms with Crippen LogP contribution >= 0.6 is 15.9 Å². The number of halogens is 1. The van der Waals surface area contributed by atoms with Gasteiger partial charge in [0.05, 0.1) is 24.0 Å². The van der Waals surface area contributed by atoms with E-state index in [-0.39, 0.29) is 18.5 Å². The SMILES string of the molecule is O=C(O)Cc1nn(Cc2ccccc2Br)c(=O)c2ccccc12. The second kappa shape index (κ2) is 6.34. The van der Waals surface area contributed by atoms with E-state index in [1.165, 1.54) is 4.68 Å². The van der Waals surface area contributed by atoms with Gasteiger partial charge in [0.1, 0.15) is 0 Å². The van der Waals surface area contributed by atoms with Gasteiger partial charge in [0.2, 0.25) is 0 Å². The molecule has 0 radical (unpaired) electrons. The molecule has 0 saturated heterocycles. The molecule has 0 atom stereocenters. The topological polar surface area (TPSA) is 72.2 Å². The first kappa shape index (κ1) is 15.4. The van der Waals surface area contributed by atoms with Gasteiger partial charge in [0.15, 0.2) is 0 Å². The van der Waals surface area contributed by atoms with Gasteiger partial charge in [-0.25, -0.2) is 4.68 Å². The summed E-state index contributed by atoms with van der Waals surface area (Å²) in [5, 5.41) is 14.4. The molecule has 0 aliphatic rings. The maximum absolute atomic E-state index is 12.6. The Morgan fingerprint density at radius 3 is 2.43 bits per heavy atom. The summed E-state index contributed by atoms with van der Waals surface area (Å²) in [4.78, 5) is 23.7. The first-order valence-electron chi connectivity index (χ1n) is 7.00. The lowest BCUT2D eigenvalue weighted by Gasteiger charge is -2.11. The molecule has 0 fully saturated rings. The largest absolute Gasteiger partial charge is 0.481 e. The number of hydrogen-bond donors (Lipinski definition) is 1. The van der Waals surface area contributed by atoms with Crippen molar-refractivity contribution in [2.45, 2.75) is 13.0 Å². The number of rotatable bonds is 4. The van der Waals surface area contributed by atoms with E-state index in [2.05, 4.69) is 21.0 Å². The monoisotopic (exact) mass is 372 g/mol. The molecular formula is C17H13BrN2O3. The number of nitrogens with zero attached hydrogens (tertiary/aromatic N) is 2. The van der Waals surface area contributed by atoms with Gasteiger partial charge in [0.25, 0.3) is 5.56 Å². The molecule has 0 aliphatic heterocycles. The first-order chi connectivity index (χ1) is 11.1. The molecule has 0 bridgehead atoms. The van der Waals surface area contributed by atoms with E-state index in [9.17, 15) is 9.59 Å². The Bertz CT molecular complexity index is 950. The summed E-state index contributed by atoms with van der Waals surface area (Å²) in [6.45, 7) is 0.276. The Hall–Kier alpha value is -2.47. The summed E-state index contributed by atoms with van der Waals surface area (Å²) >= 11 is 3.45. The summed E-state index contributed by atoms with van der Waals surface area (Å²) in [5.74, 6) is -0.978. The van der Waals surface area contributed by atoms with Crippen LogP contribution in [0.4, 0.5) is 0 Å². The van der Waals surface area contributed by atoms with Crippen LogP contribution in [0.2, 0.25) is 0 Å². The number of aromatic nitrogens is 2.